The fraction of sp³-hybridized carbons (Fsp3) is 0.273. The van der Waals surface area contributed by atoms with E-state index in [1.54, 1.807) is 13.0 Å². The number of allylic oxidation sites excluding steroid dienone is 2. The van der Waals surface area contributed by atoms with Crippen molar-refractivity contribution < 1.29 is 35.5 Å². The summed E-state index contributed by atoms with van der Waals surface area (Å²) in [6.07, 6.45) is 0.0416. The molecule has 1 aliphatic rings. The highest BCUT2D eigenvalue weighted by molar-refractivity contribution is 6.08. The SMILES string of the molecule is CCc1oc2ccccc2c1C1=C(c2ccccc2OC)C(F)(F)C(F)(F)C1(F)F. The average Bonchev–Trinajstić information content (AvgIpc) is 3.13. The molecule has 4 rings (SSSR count). The van der Waals surface area contributed by atoms with Gasteiger partial charge in [-0.05, 0) is 12.1 Å². The lowest BCUT2D eigenvalue weighted by Gasteiger charge is -2.26. The van der Waals surface area contributed by atoms with Gasteiger partial charge in [0, 0.05) is 34.1 Å². The lowest BCUT2D eigenvalue weighted by atomic mass is 9.92. The number of fused-ring (bicyclic) bond motifs is 1. The average molecular weight is 426 g/mol. The van der Waals surface area contributed by atoms with E-state index in [0.29, 0.717) is 0 Å². The van der Waals surface area contributed by atoms with Crippen LogP contribution in [0.15, 0.2) is 52.9 Å². The van der Waals surface area contributed by atoms with E-state index >= 15 is 8.78 Å². The van der Waals surface area contributed by atoms with Crippen LogP contribution in [-0.2, 0) is 6.42 Å². The molecule has 0 amide bonds. The van der Waals surface area contributed by atoms with Crippen molar-refractivity contribution in [2.24, 2.45) is 0 Å². The molecular formula is C22H16F6O2. The second-order valence-corrected chi connectivity index (χ2v) is 6.92. The highest BCUT2D eigenvalue weighted by Gasteiger charge is 2.80. The number of halogens is 6. The molecule has 0 saturated heterocycles. The third-order valence-corrected chi connectivity index (χ3v) is 5.28. The molecule has 3 aromatic rings. The van der Waals surface area contributed by atoms with E-state index in [-0.39, 0.29) is 28.9 Å². The quantitative estimate of drug-likeness (QED) is 0.427. The Morgan fingerprint density at radius 2 is 1.43 bits per heavy atom. The molecule has 0 bridgehead atoms. The van der Waals surface area contributed by atoms with E-state index in [1.165, 1.54) is 36.4 Å². The zero-order valence-corrected chi connectivity index (χ0v) is 15.9. The fourth-order valence-corrected chi connectivity index (χ4v) is 3.88. The minimum Gasteiger partial charge on any atom is -0.496 e. The molecule has 2 nitrogen and oxygen atoms in total. The number of rotatable bonds is 4. The van der Waals surface area contributed by atoms with Gasteiger partial charge < -0.3 is 9.15 Å². The van der Waals surface area contributed by atoms with Crippen LogP contribution in [0.3, 0.4) is 0 Å². The third kappa shape index (κ3) is 2.45. The van der Waals surface area contributed by atoms with Crippen LogP contribution in [0.25, 0.3) is 22.1 Å². The van der Waals surface area contributed by atoms with Gasteiger partial charge in [0.25, 0.3) is 0 Å². The largest absolute Gasteiger partial charge is 0.496 e. The molecule has 0 unspecified atom stereocenters. The molecule has 2 aromatic carbocycles. The van der Waals surface area contributed by atoms with Gasteiger partial charge >= 0.3 is 17.8 Å². The summed E-state index contributed by atoms with van der Waals surface area (Å²) in [7, 11) is 1.15. The molecule has 1 aromatic heterocycles. The zero-order valence-electron chi connectivity index (χ0n) is 15.9. The summed E-state index contributed by atoms with van der Waals surface area (Å²) >= 11 is 0. The number of furan rings is 1. The number of hydrogen-bond acceptors (Lipinski definition) is 2. The van der Waals surface area contributed by atoms with Crippen LogP contribution in [0.1, 0.15) is 23.8 Å². The topological polar surface area (TPSA) is 22.4 Å². The Kier molecular flexibility index (Phi) is 4.45. The van der Waals surface area contributed by atoms with Gasteiger partial charge in [-0.2, -0.15) is 26.3 Å². The number of para-hydroxylation sites is 2. The van der Waals surface area contributed by atoms with E-state index in [1.807, 2.05) is 0 Å². The van der Waals surface area contributed by atoms with Gasteiger partial charge in [0.05, 0.1) is 7.11 Å². The second-order valence-electron chi connectivity index (χ2n) is 6.92. The van der Waals surface area contributed by atoms with Crippen LogP contribution in [-0.4, -0.2) is 24.9 Å². The lowest BCUT2D eigenvalue weighted by molar-refractivity contribution is -0.254. The molecule has 0 N–H and O–H groups in total. The molecule has 0 atom stereocenters. The Labute approximate surface area is 167 Å². The van der Waals surface area contributed by atoms with E-state index in [4.69, 9.17) is 9.15 Å². The second kappa shape index (κ2) is 6.55. The molecule has 158 valence electrons. The Morgan fingerprint density at radius 3 is 2.10 bits per heavy atom. The van der Waals surface area contributed by atoms with Crippen molar-refractivity contribution in [3.05, 3.63) is 65.4 Å². The van der Waals surface area contributed by atoms with E-state index < -0.39 is 40.0 Å². The molecule has 0 radical (unpaired) electrons. The van der Waals surface area contributed by atoms with Gasteiger partial charge in [0.15, 0.2) is 0 Å². The Hall–Kier alpha value is -2.90. The highest BCUT2D eigenvalue weighted by atomic mass is 19.3. The predicted octanol–water partition coefficient (Wildman–Crippen LogP) is 6.83. The number of ether oxygens (including phenoxy) is 1. The van der Waals surface area contributed by atoms with E-state index in [2.05, 4.69) is 0 Å². The van der Waals surface area contributed by atoms with Crippen molar-refractivity contribution in [2.45, 2.75) is 31.1 Å². The van der Waals surface area contributed by atoms with Crippen LogP contribution >= 0.6 is 0 Å². The monoisotopic (exact) mass is 426 g/mol. The zero-order chi connectivity index (χ0) is 21.9. The summed E-state index contributed by atoms with van der Waals surface area (Å²) in [6.45, 7) is 1.56. The van der Waals surface area contributed by atoms with Crippen molar-refractivity contribution in [1.82, 2.24) is 0 Å². The minimum absolute atomic E-state index is 0.0416. The number of benzene rings is 2. The first kappa shape index (κ1) is 20.4. The number of alkyl halides is 6. The van der Waals surface area contributed by atoms with Crippen LogP contribution in [0.5, 0.6) is 5.75 Å². The highest BCUT2D eigenvalue weighted by Crippen LogP contribution is 2.66. The summed E-state index contributed by atoms with van der Waals surface area (Å²) in [6, 6.07) is 10.9. The summed E-state index contributed by atoms with van der Waals surface area (Å²) in [5.41, 5.74) is -3.72. The number of methoxy groups -OCH3 is 1. The summed E-state index contributed by atoms with van der Waals surface area (Å²) in [4.78, 5) is 0. The Bertz CT molecular complexity index is 1160. The fourth-order valence-electron chi connectivity index (χ4n) is 3.88. The van der Waals surface area contributed by atoms with Gasteiger partial charge in [-0.15, -0.1) is 0 Å². The third-order valence-electron chi connectivity index (χ3n) is 5.28. The van der Waals surface area contributed by atoms with Gasteiger partial charge in [-0.25, -0.2) is 0 Å². The summed E-state index contributed by atoms with van der Waals surface area (Å²) in [5.74, 6) is -16.2. The van der Waals surface area contributed by atoms with Gasteiger partial charge in [-0.1, -0.05) is 43.3 Å². The Balaban J connectivity index is 2.21. The predicted molar refractivity (Wildman–Crippen MR) is 100 cm³/mol. The lowest BCUT2D eigenvalue weighted by Crippen LogP contribution is -2.49. The smallest absolute Gasteiger partial charge is 0.380 e. The first-order valence-corrected chi connectivity index (χ1v) is 9.12. The maximum atomic E-state index is 15.1. The van der Waals surface area contributed by atoms with Crippen molar-refractivity contribution >= 4 is 22.1 Å². The molecule has 1 heterocycles. The standard InChI is InChI=1S/C22H16F6O2/c1-3-14-17(12-8-4-7-11-16(12)30-14)19-18(13-9-5-6-10-15(13)29-2)20(23,24)22(27,28)21(19,25)26/h4-11H,3H2,1-2H3. The summed E-state index contributed by atoms with van der Waals surface area (Å²) < 4.78 is 99.8. The van der Waals surface area contributed by atoms with Crippen LogP contribution in [0.4, 0.5) is 26.3 Å². The first-order chi connectivity index (χ1) is 14.1. The van der Waals surface area contributed by atoms with Crippen molar-refractivity contribution in [3.63, 3.8) is 0 Å². The van der Waals surface area contributed by atoms with Crippen molar-refractivity contribution in [2.75, 3.05) is 7.11 Å². The van der Waals surface area contributed by atoms with Crippen LogP contribution in [0, 0.1) is 0 Å². The van der Waals surface area contributed by atoms with Crippen molar-refractivity contribution in [1.29, 1.82) is 0 Å². The van der Waals surface area contributed by atoms with Crippen LogP contribution < -0.4 is 4.74 Å². The van der Waals surface area contributed by atoms with Gasteiger partial charge in [-0.3, -0.25) is 0 Å². The molecule has 8 heteroatoms. The van der Waals surface area contributed by atoms with E-state index in [9.17, 15) is 17.6 Å². The van der Waals surface area contributed by atoms with Gasteiger partial charge in [0.2, 0.25) is 0 Å². The first-order valence-electron chi connectivity index (χ1n) is 9.12. The molecular weight excluding hydrogens is 410 g/mol. The van der Waals surface area contributed by atoms with Gasteiger partial charge in [0.1, 0.15) is 17.1 Å². The molecule has 0 spiro atoms. The van der Waals surface area contributed by atoms with E-state index in [0.717, 1.165) is 13.2 Å². The number of hydrogen-bond donors (Lipinski definition) is 0. The van der Waals surface area contributed by atoms with Crippen LogP contribution in [0.2, 0.25) is 0 Å². The molecule has 1 aliphatic carbocycles. The normalized spacial score (nSPS) is 19.5. The molecule has 0 fully saturated rings. The number of aryl methyl sites for hydroxylation is 1. The van der Waals surface area contributed by atoms with Crippen molar-refractivity contribution in [3.8, 4) is 5.75 Å². The molecule has 0 aliphatic heterocycles. The maximum Gasteiger partial charge on any atom is 0.380 e. The molecule has 30 heavy (non-hydrogen) atoms. The maximum absolute atomic E-state index is 15.1. The molecule has 0 saturated carbocycles. The summed E-state index contributed by atoms with van der Waals surface area (Å²) in [5, 5.41) is 0.0601. The minimum atomic E-state index is -5.64. The Morgan fingerprint density at radius 1 is 0.833 bits per heavy atom.